The molecule has 110 valence electrons. The molecule has 1 aromatic heterocycles. The van der Waals surface area contributed by atoms with Crippen molar-refractivity contribution in [3.05, 3.63) is 41.5 Å². The van der Waals surface area contributed by atoms with E-state index in [-0.39, 0.29) is 5.92 Å². The maximum Gasteiger partial charge on any atom is 0.231 e. The fourth-order valence-corrected chi connectivity index (χ4v) is 3.29. The number of nitrogens with one attached hydrogen (secondary N) is 1. The van der Waals surface area contributed by atoms with Crippen molar-refractivity contribution in [2.75, 3.05) is 19.7 Å². The molecule has 0 radical (unpaired) electrons. The Morgan fingerprint density at radius 2 is 2.14 bits per heavy atom. The first-order valence-corrected chi connectivity index (χ1v) is 7.59. The van der Waals surface area contributed by atoms with Crippen LogP contribution in [0.1, 0.15) is 42.5 Å². The molecule has 1 aromatic carbocycles. The zero-order valence-electron chi connectivity index (χ0n) is 12.1. The molecular formula is C16H19N3O2. The van der Waals surface area contributed by atoms with E-state index in [1.807, 2.05) is 18.2 Å². The summed E-state index contributed by atoms with van der Waals surface area (Å²) in [4.78, 5) is 4.69. The Hall–Kier alpha value is -1.88. The Balaban J connectivity index is 1.65. The van der Waals surface area contributed by atoms with Gasteiger partial charge in [-0.3, -0.25) is 0 Å². The lowest BCUT2D eigenvalue weighted by molar-refractivity contribution is 0.271. The smallest absolute Gasteiger partial charge is 0.231 e. The second kappa shape index (κ2) is 5.15. The summed E-state index contributed by atoms with van der Waals surface area (Å²) in [7, 11) is 0. The molecule has 5 nitrogen and oxygen atoms in total. The SMILES string of the molecule is C[C@@H]1CNC[C@H]1c1nc(C2CCOc3ccccc32)no1. The maximum atomic E-state index is 5.70. The number of benzene rings is 1. The van der Waals surface area contributed by atoms with E-state index < -0.39 is 0 Å². The molecule has 3 heterocycles. The van der Waals surface area contributed by atoms with Crippen molar-refractivity contribution < 1.29 is 9.26 Å². The van der Waals surface area contributed by atoms with Crippen molar-refractivity contribution in [1.29, 1.82) is 0 Å². The van der Waals surface area contributed by atoms with E-state index >= 15 is 0 Å². The van der Waals surface area contributed by atoms with E-state index in [2.05, 4.69) is 23.5 Å². The molecule has 1 saturated heterocycles. The van der Waals surface area contributed by atoms with Crippen molar-refractivity contribution >= 4 is 0 Å². The van der Waals surface area contributed by atoms with Gasteiger partial charge < -0.3 is 14.6 Å². The zero-order valence-corrected chi connectivity index (χ0v) is 12.1. The summed E-state index contributed by atoms with van der Waals surface area (Å²) >= 11 is 0. The first-order valence-electron chi connectivity index (χ1n) is 7.59. The van der Waals surface area contributed by atoms with Crippen LogP contribution in [0.25, 0.3) is 0 Å². The van der Waals surface area contributed by atoms with Crippen LogP contribution in [0.4, 0.5) is 0 Å². The third-order valence-electron chi connectivity index (χ3n) is 4.56. The quantitative estimate of drug-likeness (QED) is 0.917. The van der Waals surface area contributed by atoms with Crippen LogP contribution in [0.5, 0.6) is 5.75 Å². The van der Waals surface area contributed by atoms with Gasteiger partial charge in [-0.1, -0.05) is 30.3 Å². The molecule has 1 fully saturated rings. The topological polar surface area (TPSA) is 60.2 Å². The number of hydrogen-bond donors (Lipinski definition) is 1. The third-order valence-corrected chi connectivity index (χ3v) is 4.56. The summed E-state index contributed by atoms with van der Waals surface area (Å²) in [5.74, 6) is 3.56. The lowest BCUT2D eigenvalue weighted by atomic mass is 9.92. The van der Waals surface area contributed by atoms with Crippen molar-refractivity contribution in [1.82, 2.24) is 15.5 Å². The van der Waals surface area contributed by atoms with Gasteiger partial charge in [0.15, 0.2) is 5.82 Å². The summed E-state index contributed by atoms with van der Waals surface area (Å²) in [6, 6.07) is 8.12. The van der Waals surface area contributed by atoms with Crippen LogP contribution in [0.15, 0.2) is 28.8 Å². The number of para-hydroxylation sites is 1. The standard InChI is InChI=1S/C16H19N3O2/c1-10-8-17-9-13(10)16-18-15(19-21-16)12-6-7-20-14-5-3-2-4-11(12)14/h2-5,10,12-13,17H,6-9H2,1H3/t10-,12?,13-/m1/s1. The largest absolute Gasteiger partial charge is 0.493 e. The van der Waals surface area contributed by atoms with Gasteiger partial charge in [0.2, 0.25) is 5.89 Å². The lowest BCUT2D eigenvalue weighted by Gasteiger charge is -2.23. The Morgan fingerprint density at radius 1 is 1.24 bits per heavy atom. The Morgan fingerprint density at radius 3 is 3.00 bits per heavy atom. The normalized spacial score (nSPS) is 28.1. The van der Waals surface area contributed by atoms with Crippen molar-refractivity contribution in [2.45, 2.75) is 25.2 Å². The van der Waals surface area contributed by atoms with E-state index in [1.165, 1.54) is 0 Å². The zero-order chi connectivity index (χ0) is 14.2. The lowest BCUT2D eigenvalue weighted by Crippen LogP contribution is -2.16. The molecule has 0 aliphatic carbocycles. The van der Waals surface area contributed by atoms with Crippen LogP contribution >= 0.6 is 0 Å². The van der Waals surface area contributed by atoms with Gasteiger partial charge in [0, 0.05) is 12.1 Å². The number of aromatic nitrogens is 2. The Labute approximate surface area is 123 Å². The molecule has 2 aliphatic heterocycles. The molecule has 0 bridgehead atoms. The fourth-order valence-electron chi connectivity index (χ4n) is 3.29. The highest BCUT2D eigenvalue weighted by Crippen LogP contribution is 2.37. The summed E-state index contributed by atoms with van der Waals surface area (Å²) in [5.41, 5.74) is 1.16. The van der Waals surface area contributed by atoms with E-state index in [0.29, 0.717) is 18.4 Å². The predicted octanol–water partition coefficient (Wildman–Crippen LogP) is 2.31. The van der Waals surface area contributed by atoms with Crippen LogP contribution in [0.3, 0.4) is 0 Å². The Bertz CT molecular complexity index is 640. The van der Waals surface area contributed by atoms with Crippen LogP contribution in [-0.4, -0.2) is 29.8 Å². The fraction of sp³-hybridized carbons (Fsp3) is 0.500. The summed E-state index contributed by atoms with van der Waals surface area (Å²) in [6.45, 7) is 4.86. The minimum Gasteiger partial charge on any atom is -0.493 e. The molecule has 2 aliphatic rings. The number of ether oxygens (including phenoxy) is 1. The minimum absolute atomic E-state index is 0.178. The number of rotatable bonds is 2. The second-order valence-corrected chi connectivity index (χ2v) is 5.96. The minimum atomic E-state index is 0.178. The highest BCUT2D eigenvalue weighted by Gasteiger charge is 2.32. The van der Waals surface area contributed by atoms with E-state index in [1.54, 1.807) is 0 Å². The van der Waals surface area contributed by atoms with Gasteiger partial charge in [-0.05, 0) is 24.9 Å². The molecule has 21 heavy (non-hydrogen) atoms. The van der Waals surface area contributed by atoms with Gasteiger partial charge in [-0.2, -0.15) is 4.98 Å². The Kier molecular flexibility index (Phi) is 3.15. The van der Waals surface area contributed by atoms with Gasteiger partial charge in [-0.25, -0.2) is 0 Å². The third kappa shape index (κ3) is 2.21. The molecule has 2 aromatic rings. The predicted molar refractivity (Wildman–Crippen MR) is 77.5 cm³/mol. The molecule has 1 N–H and O–H groups in total. The van der Waals surface area contributed by atoms with Crippen LogP contribution in [-0.2, 0) is 0 Å². The molecular weight excluding hydrogens is 266 g/mol. The average Bonchev–Trinajstić information content (AvgIpc) is 3.15. The molecule has 0 spiro atoms. The number of hydrogen-bond acceptors (Lipinski definition) is 5. The van der Waals surface area contributed by atoms with Gasteiger partial charge in [0.25, 0.3) is 0 Å². The van der Waals surface area contributed by atoms with Crippen molar-refractivity contribution in [2.24, 2.45) is 5.92 Å². The second-order valence-electron chi connectivity index (χ2n) is 5.96. The molecule has 0 amide bonds. The molecule has 1 unspecified atom stereocenters. The van der Waals surface area contributed by atoms with Crippen LogP contribution < -0.4 is 10.1 Å². The highest BCUT2D eigenvalue weighted by molar-refractivity contribution is 5.40. The number of fused-ring (bicyclic) bond motifs is 1. The van der Waals surface area contributed by atoms with Gasteiger partial charge in [-0.15, -0.1) is 0 Å². The van der Waals surface area contributed by atoms with E-state index in [0.717, 1.165) is 42.5 Å². The van der Waals surface area contributed by atoms with Crippen molar-refractivity contribution in [3.63, 3.8) is 0 Å². The van der Waals surface area contributed by atoms with Crippen LogP contribution in [0, 0.1) is 5.92 Å². The molecule has 0 saturated carbocycles. The molecule has 5 heteroatoms. The highest BCUT2D eigenvalue weighted by atomic mass is 16.5. The van der Waals surface area contributed by atoms with Crippen LogP contribution in [0.2, 0.25) is 0 Å². The molecule has 3 atom stereocenters. The first kappa shape index (κ1) is 12.8. The average molecular weight is 285 g/mol. The monoisotopic (exact) mass is 285 g/mol. The van der Waals surface area contributed by atoms with Crippen molar-refractivity contribution in [3.8, 4) is 5.75 Å². The van der Waals surface area contributed by atoms with E-state index in [4.69, 9.17) is 14.2 Å². The maximum absolute atomic E-state index is 5.70. The van der Waals surface area contributed by atoms with Gasteiger partial charge in [0.05, 0.1) is 18.4 Å². The summed E-state index contributed by atoms with van der Waals surface area (Å²) in [5, 5.41) is 7.63. The molecule has 4 rings (SSSR count). The summed E-state index contributed by atoms with van der Waals surface area (Å²) < 4.78 is 11.2. The van der Waals surface area contributed by atoms with Gasteiger partial charge >= 0.3 is 0 Å². The first-order chi connectivity index (χ1) is 10.3. The summed E-state index contributed by atoms with van der Waals surface area (Å²) in [6.07, 6.45) is 0.897. The van der Waals surface area contributed by atoms with E-state index in [9.17, 15) is 0 Å². The number of nitrogens with zero attached hydrogens (tertiary/aromatic N) is 2. The van der Waals surface area contributed by atoms with Gasteiger partial charge in [0.1, 0.15) is 5.75 Å².